The summed E-state index contributed by atoms with van der Waals surface area (Å²) in [5.74, 6) is 0.404. The molecule has 0 amide bonds. The average molecular weight is 404 g/mol. The van der Waals surface area contributed by atoms with Gasteiger partial charge in [0.15, 0.2) is 0 Å². The Hall–Kier alpha value is -3.79. The molecule has 1 atom stereocenters. The van der Waals surface area contributed by atoms with Crippen LogP contribution in [0.1, 0.15) is 36.6 Å². The number of ether oxygens (including phenoxy) is 2. The van der Waals surface area contributed by atoms with Crippen LogP contribution in [0.5, 0.6) is 5.75 Å². The van der Waals surface area contributed by atoms with Gasteiger partial charge in [-0.15, -0.1) is 0 Å². The Bertz CT molecular complexity index is 1010. The van der Waals surface area contributed by atoms with Crippen LogP contribution >= 0.6 is 0 Å². The number of carbonyl (C=O) groups excluding carboxylic acids is 1. The molecule has 0 radical (unpaired) electrons. The zero-order valence-corrected chi connectivity index (χ0v) is 17.0. The summed E-state index contributed by atoms with van der Waals surface area (Å²) in [6.07, 6.45) is 5.40. The molecule has 0 saturated carbocycles. The highest BCUT2D eigenvalue weighted by Crippen LogP contribution is 2.27. The molecular weight excluding hydrogens is 380 g/mol. The Morgan fingerprint density at radius 2 is 2.07 bits per heavy atom. The lowest BCUT2D eigenvalue weighted by Gasteiger charge is -2.22. The minimum atomic E-state index is -0.346. The van der Waals surface area contributed by atoms with E-state index in [4.69, 9.17) is 14.7 Å². The quantitative estimate of drug-likeness (QED) is 0.544. The molecule has 1 heterocycles. The third kappa shape index (κ3) is 5.85. The summed E-state index contributed by atoms with van der Waals surface area (Å²) in [6.45, 7) is 4.68. The fourth-order valence-electron chi connectivity index (χ4n) is 3.08. The molecule has 2 aromatic carbocycles. The van der Waals surface area contributed by atoms with Gasteiger partial charge in [0.05, 0.1) is 30.6 Å². The van der Waals surface area contributed by atoms with E-state index in [9.17, 15) is 4.79 Å². The molecule has 0 aliphatic carbocycles. The number of nitrogens with zero attached hydrogens (tertiary/aromatic N) is 3. The van der Waals surface area contributed by atoms with Crippen molar-refractivity contribution in [3.63, 3.8) is 0 Å². The molecule has 0 aliphatic rings. The van der Waals surface area contributed by atoms with Crippen LogP contribution in [0.2, 0.25) is 0 Å². The zero-order valence-electron chi connectivity index (χ0n) is 17.0. The van der Waals surface area contributed by atoms with Gasteiger partial charge in [-0.2, -0.15) is 5.26 Å². The lowest BCUT2D eigenvalue weighted by molar-refractivity contribution is -0.141. The molecule has 154 valence electrons. The Morgan fingerprint density at radius 3 is 2.70 bits per heavy atom. The van der Waals surface area contributed by atoms with Crippen molar-refractivity contribution in [3.8, 4) is 11.8 Å². The van der Waals surface area contributed by atoms with Gasteiger partial charge in [-0.3, -0.25) is 4.79 Å². The normalized spacial score (nSPS) is 11.4. The highest BCUT2D eigenvalue weighted by molar-refractivity contribution is 5.66. The molecule has 30 heavy (non-hydrogen) atoms. The van der Waals surface area contributed by atoms with Gasteiger partial charge in [0.2, 0.25) is 0 Å². The van der Waals surface area contributed by atoms with Gasteiger partial charge in [0, 0.05) is 31.5 Å². The molecule has 7 nitrogen and oxygen atoms in total. The lowest BCUT2D eigenvalue weighted by Crippen LogP contribution is -2.19. The van der Waals surface area contributed by atoms with E-state index in [1.165, 1.54) is 6.92 Å². The third-order valence-corrected chi connectivity index (χ3v) is 4.43. The van der Waals surface area contributed by atoms with Crippen molar-refractivity contribution in [2.24, 2.45) is 0 Å². The first kappa shape index (κ1) is 20.9. The highest BCUT2D eigenvalue weighted by Gasteiger charge is 2.16. The van der Waals surface area contributed by atoms with Gasteiger partial charge in [0.1, 0.15) is 12.4 Å². The Morgan fingerprint density at radius 1 is 1.27 bits per heavy atom. The standard InChI is InChI=1S/C23H24N4O3/c1-3-29-22-11-19(14-27-9-8-25-16-27)10-20(12-22)23(15-30-17(2)28)26-21-6-4-18(13-24)5-7-21/h4-12,16,23,26H,3,14-15H2,1-2H3. The van der Waals surface area contributed by atoms with Crippen LogP contribution in [-0.4, -0.2) is 28.7 Å². The van der Waals surface area contributed by atoms with E-state index in [-0.39, 0.29) is 18.6 Å². The Kier molecular flexibility index (Phi) is 7.06. The summed E-state index contributed by atoms with van der Waals surface area (Å²) in [7, 11) is 0. The number of hydrogen-bond acceptors (Lipinski definition) is 6. The van der Waals surface area contributed by atoms with Crippen LogP contribution in [0, 0.1) is 11.3 Å². The van der Waals surface area contributed by atoms with Crippen LogP contribution < -0.4 is 10.1 Å². The number of carbonyl (C=O) groups is 1. The van der Waals surface area contributed by atoms with Gasteiger partial charge in [0.25, 0.3) is 0 Å². The van der Waals surface area contributed by atoms with E-state index in [0.29, 0.717) is 18.7 Å². The van der Waals surface area contributed by atoms with Crippen molar-refractivity contribution in [2.45, 2.75) is 26.4 Å². The number of anilines is 1. The molecule has 3 aromatic rings. The zero-order chi connectivity index (χ0) is 21.3. The van der Waals surface area contributed by atoms with Crippen molar-refractivity contribution in [2.75, 3.05) is 18.5 Å². The summed E-state index contributed by atoms with van der Waals surface area (Å²) < 4.78 is 13.1. The SMILES string of the molecule is CCOc1cc(Cn2ccnc2)cc(C(COC(C)=O)Nc2ccc(C#N)cc2)c1. The molecule has 1 unspecified atom stereocenters. The van der Waals surface area contributed by atoms with Crippen LogP contribution in [0.25, 0.3) is 0 Å². The average Bonchev–Trinajstić information content (AvgIpc) is 3.24. The number of aromatic nitrogens is 2. The van der Waals surface area contributed by atoms with Crippen molar-refractivity contribution in [1.82, 2.24) is 9.55 Å². The number of imidazole rings is 1. The van der Waals surface area contributed by atoms with Gasteiger partial charge < -0.3 is 19.4 Å². The molecule has 7 heteroatoms. The molecule has 0 saturated heterocycles. The molecule has 1 N–H and O–H groups in total. The summed E-state index contributed by atoms with van der Waals surface area (Å²) in [5, 5.41) is 12.4. The van der Waals surface area contributed by atoms with E-state index in [1.54, 1.807) is 24.7 Å². The lowest BCUT2D eigenvalue weighted by atomic mass is 10.0. The molecule has 0 spiro atoms. The first-order chi connectivity index (χ1) is 14.6. The molecule has 3 rings (SSSR count). The van der Waals surface area contributed by atoms with Gasteiger partial charge in [-0.25, -0.2) is 4.98 Å². The van der Waals surface area contributed by atoms with Crippen molar-refractivity contribution in [1.29, 1.82) is 5.26 Å². The topological polar surface area (TPSA) is 89.2 Å². The Balaban J connectivity index is 1.91. The van der Waals surface area contributed by atoms with Crippen molar-refractivity contribution in [3.05, 3.63) is 77.9 Å². The minimum Gasteiger partial charge on any atom is -0.494 e. The predicted octanol–water partition coefficient (Wildman–Crippen LogP) is 3.92. The molecule has 1 aromatic heterocycles. The number of hydrogen-bond donors (Lipinski definition) is 1. The third-order valence-electron chi connectivity index (χ3n) is 4.43. The monoisotopic (exact) mass is 404 g/mol. The van der Waals surface area contributed by atoms with Crippen molar-refractivity contribution >= 4 is 11.7 Å². The number of rotatable bonds is 9. The fourth-order valence-corrected chi connectivity index (χ4v) is 3.08. The first-order valence-electron chi connectivity index (χ1n) is 9.70. The second-order valence-corrected chi connectivity index (χ2v) is 6.77. The number of esters is 1. The highest BCUT2D eigenvalue weighted by atomic mass is 16.5. The van der Waals surface area contributed by atoms with E-state index >= 15 is 0 Å². The second-order valence-electron chi connectivity index (χ2n) is 6.77. The van der Waals surface area contributed by atoms with E-state index in [0.717, 1.165) is 22.6 Å². The van der Waals surface area contributed by atoms with E-state index in [2.05, 4.69) is 22.4 Å². The largest absolute Gasteiger partial charge is 0.494 e. The van der Waals surface area contributed by atoms with Crippen LogP contribution in [-0.2, 0) is 16.1 Å². The van der Waals surface area contributed by atoms with Crippen LogP contribution in [0.4, 0.5) is 5.69 Å². The van der Waals surface area contributed by atoms with Gasteiger partial charge in [-0.05, 0) is 54.4 Å². The van der Waals surface area contributed by atoms with E-state index in [1.807, 2.05) is 42.0 Å². The maximum Gasteiger partial charge on any atom is 0.302 e. The Labute approximate surface area is 175 Å². The summed E-state index contributed by atoms with van der Waals surface area (Å²) in [6, 6.07) is 15.0. The summed E-state index contributed by atoms with van der Waals surface area (Å²) in [4.78, 5) is 15.5. The summed E-state index contributed by atoms with van der Waals surface area (Å²) in [5.41, 5.74) is 3.38. The fraction of sp³-hybridized carbons (Fsp3) is 0.261. The number of benzene rings is 2. The maximum absolute atomic E-state index is 11.4. The maximum atomic E-state index is 11.4. The molecular formula is C23H24N4O3. The predicted molar refractivity (Wildman–Crippen MR) is 113 cm³/mol. The molecule has 0 aliphatic heterocycles. The molecule has 0 fully saturated rings. The van der Waals surface area contributed by atoms with Crippen molar-refractivity contribution < 1.29 is 14.3 Å². The van der Waals surface area contributed by atoms with Gasteiger partial charge in [-0.1, -0.05) is 6.07 Å². The summed E-state index contributed by atoms with van der Waals surface area (Å²) >= 11 is 0. The first-order valence-corrected chi connectivity index (χ1v) is 9.70. The van der Waals surface area contributed by atoms with Crippen LogP contribution in [0.15, 0.2) is 61.2 Å². The number of nitriles is 1. The number of nitrogens with one attached hydrogen (secondary N) is 1. The van der Waals surface area contributed by atoms with Crippen LogP contribution in [0.3, 0.4) is 0 Å². The minimum absolute atomic E-state index is 0.162. The molecule has 0 bridgehead atoms. The van der Waals surface area contributed by atoms with Gasteiger partial charge >= 0.3 is 5.97 Å². The second kappa shape index (κ2) is 10.1. The smallest absolute Gasteiger partial charge is 0.302 e. The van der Waals surface area contributed by atoms with E-state index < -0.39 is 0 Å².